The first-order chi connectivity index (χ1) is 9.54. The molecule has 2 N–H and O–H groups in total. The van der Waals surface area contributed by atoms with E-state index in [0.717, 1.165) is 19.5 Å². The molecule has 0 bridgehead atoms. The zero-order valence-corrected chi connectivity index (χ0v) is 12.9. The van der Waals surface area contributed by atoms with Gasteiger partial charge in [-0.15, -0.1) is 0 Å². The topological polar surface area (TPSA) is 52.6 Å². The fourth-order valence-corrected chi connectivity index (χ4v) is 3.14. The zero-order valence-electron chi connectivity index (χ0n) is 11.3. The monoisotopic (exact) mass is 344 g/mol. The molecule has 0 aromatic heterocycles. The van der Waals surface area contributed by atoms with Gasteiger partial charge in [0.15, 0.2) is 5.82 Å². The summed E-state index contributed by atoms with van der Waals surface area (Å²) in [6.45, 7) is 4.88. The van der Waals surface area contributed by atoms with Crippen LogP contribution in [0, 0.1) is 5.82 Å². The quantitative estimate of drug-likeness (QED) is 0.861. The van der Waals surface area contributed by atoms with Gasteiger partial charge in [0, 0.05) is 12.6 Å². The second-order valence-electron chi connectivity index (χ2n) is 4.90. The number of carboxylic acid groups (broad SMARTS) is 1. The van der Waals surface area contributed by atoms with Gasteiger partial charge in [-0.2, -0.15) is 0 Å². The van der Waals surface area contributed by atoms with E-state index in [0.29, 0.717) is 18.3 Å². The number of hydrogen-bond acceptors (Lipinski definition) is 3. The summed E-state index contributed by atoms with van der Waals surface area (Å²) in [7, 11) is 0. The molecule has 110 valence electrons. The highest BCUT2D eigenvalue weighted by Gasteiger charge is 2.23. The van der Waals surface area contributed by atoms with Crippen LogP contribution >= 0.6 is 15.9 Å². The normalized spacial score (nSPS) is 19.2. The number of benzene rings is 1. The van der Waals surface area contributed by atoms with Crippen molar-refractivity contribution in [3.8, 4) is 0 Å². The molecule has 1 aromatic carbocycles. The SMILES string of the molecule is CCN1CCCC1CNc1ccc(C(=O)O)c(Br)c1F. The van der Waals surface area contributed by atoms with Crippen LogP contribution in [0.25, 0.3) is 0 Å². The Morgan fingerprint density at radius 3 is 3.00 bits per heavy atom. The highest BCUT2D eigenvalue weighted by atomic mass is 79.9. The van der Waals surface area contributed by atoms with Crippen LogP contribution in [0.4, 0.5) is 10.1 Å². The van der Waals surface area contributed by atoms with Crippen molar-refractivity contribution >= 4 is 27.6 Å². The molecule has 1 aliphatic heterocycles. The second-order valence-corrected chi connectivity index (χ2v) is 5.69. The van der Waals surface area contributed by atoms with E-state index in [9.17, 15) is 9.18 Å². The van der Waals surface area contributed by atoms with Gasteiger partial charge in [-0.1, -0.05) is 6.92 Å². The zero-order chi connectivity index (χ0) is 14.7. The molecule has 1 aromatic rings. The van der Waals surface area contributed by atoms with Gasteiger partial charge in [0.2, 0.25) is 0 Å². The molecule has 2 rings (SSSR count). The number of carboxylic acids is 1. The van der Waals surface area contributed by atoms with Crippen LogP contribution < -0.4 is 5.32 Å². The molecule has 0 aliphatic carbocycles. The number of anilines is 1. The van der Waals surface area contributed by atoms with Crippen LogP contribution in [0.3, 0.4) is 0 Å². The highest BCUT2D eigenvalue weighted by Crippen LogP contribution is 2.27. The average molecular weight is 345 g/mol. The Morgan fingerprint density at radius 1 is 1.60 bits per heavy atom. The molecule has 0 amide bonds. The fourth-order valence-electron chi connectivity index (χ4n) is 2.62. The van der Waals surface area contributed by atoms with Crippen molar-refractivity contribution in [3.05, 3.63) is 28.0 Å². The number of nitrogens with zero attached hydrogens (tertiary/aromatic N) is 1. The van der Waals surface area contributed by atoms with Gasteiger partial charge in [0.1, 0.15) is 0 Å². The maximum atomic E-state index is 14.1. The van der Waals surface area contributed by atoms with Crippen LogP contribution in [-0.2, 0) is 0 Å². The van der Waals surface area contributed by atoms with Gasteiger partial charge in [-0.3, -0.25) is 4.90 Å². The molecule has 4 nitrogen and oxygen atoms in total. The molecular weight excluding hydrogens is 327 g/mol. The summed E-state index contributed by atoms with van der Waals surface area (Å²) in [4.78, 5) is 13.3. The highest BCUT2D eigenvalue weighted by molar-refractivity contribution is 9.10. The van der Waals surface area contributed by atoms with E-state index in [1.54, 1.807) is 0 Å². The van der Waals surface area contributed by atoms with E-state index in [1.165, 1.54) is 18.6 Å². The van der Waals surface area contributed by atoms with Crippen molar-refractivity contribution in [2.75, 3.05) is 25.0 Å². The Kier molecular flexibility index (Phi) is 4.99. The second kappa shape index (κ2) is 6.54. The molecule has 1 aliphatic rings. The van der Waals surface area contributed by atoms with E-state index >= 15 is 0 Å². The lowest BCUT2D eigenvalue weighted by Gasteiger charge is -2.23. The minimum Gasteiger partial charge on any atom is -0.478 e. The lowest BCUT2D eigenvalue weighted by atomic mass is 10.1. The summed E-state index contributed by atoms with van der Waals surface area (Å²) in [5.41, 5.74) is 0.272. The molecule has 0 saturated carbocycles. The van der Waals surface area contributed by atoms with Crippen molar-refractivity contribution in [2.45, 2.75) is 25.8 Å². The molecule has 1 atom stereocenters. The molecule has 1 saturated heterocycles. The van der Waals surface area contributed by atoms with Crippen molar-refractivity contribution in [2.24, 2.45) is 0 Å². The lowest BCUT2D eigenvalue weighted by molar-refractivity contribution is 0.0695. The third-order valence-electron chi connectivity index (χ3n) is 3.75. The standard InChI is InChI=1S/C14H18BrFN2O2/c1-2-18-7-3-4-9(18)8-17-11-6-5-10(14(19)20)12(15)13(11)16/h5-6,9,17H,2-4,7-8H2,1H3,(H,19,20). The Labute approximate surface area is 126 Å². The number of rotatable bonds is 5. The van der Waals surface area contributed by atoms with Crippen LogP contribution in [-0.4, -0.2) is 41.7 Å². The van der Waals surface area contributed by atoms with Gasteiger partial charge in [-0.05, 0) is 54.0 Å². The maximum Gasteiger partial charge on any atom is 0.336 e. The largest absolute Gasteiger partial charge is 0.478 e. The Morgan fingerprint density at radius 2 is 2.35 bits per heavy atom. The lowest BCUT2D eigenvalue weighted by Crippen LogP contribution is -2.34. The third-order valence-corrected chi connectivity index (χ3v) is 4.52. The van der Waals surface area contributed by atoms with E-state index in [-0.39, 0.29) is 10.0 Å². The van der Waals surface area contributed by atoms with E-state index in [1.807, 2.05) is 0 Å². The van der Waals surface area contributed by atoms with Crippen molar-refractivity contribution in [1.82, 2.24) is 4.90 Å². The van der Waals surface area contributed by atoms with Crippen LogP contribution in [0.5, 0.6) is 0 Å². The Hall–Kier alpha value is -1.14. The number of likely N-dealkylation sites (tertiary alicyclic amines) is 1. The molecule has 0 spiro atoms. The van der Waals surface area contributed by atoms with Gasteiger partial charge in [0.05, 0.1) is 15.7 Å². The molecular formula is C14H18BrFN2O2. The summed E-state index contributed by atoms with van der Waals surface area (Å²) >= 11 is 3.00. The van der Waals surface area contributed by atoms with E-state index in [2.05, 4.69) is 33.1 Å². The molecule has 1 unspecified atom stereocenters. The third kappa shape index (κ3) is 3.12. The first-order valence-electron chi connectivity index (χ1n) is 6.73. The Balaban J connectivity index is 2.07. The van der Waals surface area contributed by atoms with Gasteiger partial charge in [0.25, 0.3) is 0 Å². The minimum atomic E-state index is -1.14. The van der Waals surface area contributed by atoms with E-state index in [4.69, 9.17) is 5.11 Å². The molecule has 1 heterocycles. The van der Waals surface area contributed by atoms with Crippen LogP contribution in [0.1, 0.15) is 30.1 Å². The number of aromatic carboxylic acids is 1. The van der Waals surface area contributed by atoms with Gasteiger partial charge >= 0.3 is 5.97 Å². The van der Waals surface area contributed by atoms with Crippen molar-refractivity contribution < 1.29 is 14.3 Å². The number of hydrogen-bond donors (Lipinski definition) is 2. The number of likely N-dealkylation sites (N-methyl/N-ethyl adjacent to an activating group) is 1. The van der Waals surface area contributed by atoms with Crippen LogP contribution in [0.15, 0.2) is 16.6 Å². The van der Waals surface area contributed by atoms with Gasteiger partial charge in [-0.25, -0.2) is 9.18 Å². The first-order valence-corrected chi connectivity index (χ1v) is 7.53. The van der Waals surface area contributed by atoms with Gasteiger partial charge < -0.3 is 10.4 Å². The Bertz CT molecular complexity index is 510. The predicted molar refractivity (Wildman–Crippen MR) is 79.8 cm³/mol. The average Bonchev–Trinajstić information content (AvgIpc) is 2.87. The summed E-state index contributed by atoms with van der Waals surface area (Å²) in [5, 5.41) is 12.0. The van der Waals surface area contributed by atoms with Crippen molar-refractivity contribution in [1.29, 1.82) is 0 Å². The summed E-state index contributed by atoms with van der Waals surface area (Å²) < 4.78 is 14.1. The number of nitrogens with one attached hydrogen (secondary N) is 1. The molecule has 0 radical (unpaired) electrons. The van der Waals surface area contributed by atoms with E-state index < -0.39 is 11.8 Å². The fraction of sp³-hybridized carbons (Fsp3) is 0.500. The minimum absolute atomic E-state index is 0.00577. The van der Waals surface area contributed by atoms with Crippen molar-refractivity contribution in [3.63, 3.8) is 0 Å². The number of carbonyl (C=O) groups is 1. The molecule has 20 heavy (non-hydrogen) atoms. The maximum absolute atomic E-state index is 14.1. The smallest absolute Gasteiger partial charge is 0.336 e. The summed E-state index contributed by atoms with van der Waals surface area (Å²) in [5.74, 6) is -1.69. The summed E-state index contributed by atoms with van der Waals surface area (Å²) in [6.07, 6.45) is 2.28. The van der Waals surface area contributed by atoms with Crippen LogP contribution in [0.2, 0.25) is 0 Å². The number of halogens is 2. The summed E-state index contributed by atoms with van der Waals surface area (Å²) in [6, 6.07) is 3.30. The predicted octanol–water partition coefficient (Wildman–Crippen LogP) is 3.18. The molecule has 1 fully saturated rings. The first kappa shape index (κ1) is 15.3. The molecule has 6 heteroatoms.